The summed E-state index contributed by atoms with van der Waals surface area (Å²) in [6, 6.07) is 4.87. The number of carbonyl (C=O) groups excluding carboxylic acids is 3. The number of ether oxygens (including phenoxy) is 1. The molecule has 1 aromatic rings. The molecule has 2 aliphatic heterocycles. The summed E-state index contributed by atoms with van der Waals surface area (Å²) in [4.78, 5) is 38.9. The van der Waals surface area contributed by atoms with Gasteiger partial charge in [0.2, 0.25) is 0 Å². The Morgan fingerprint density at radius 2 is 1.90 bits per heavy atom. The second-order valence-electron chi connectivity index (χ2n) is 5.38. The van der Waals surface area contributed by atoms with E-state index in [9.17, 15) is 14.4 Å². The first-order valence-electron chi connectivity index (χ1n) is 6.96. The highest BCUT2D eigenvalue weighted by atomic mass is 16.6. The molecule has 0 aliphatic carbocycles. The quantitative estimate of drug-likeness (QED) is 0.582. The monoisotopic (exact) mass is 288 g/mol. The summed E-state index contributed by atoms with van der Waals surface area (Å²) in [7, 11) is 1.56. The fourth-order valence-electron chi connectivity index (χ4n) is 2.69. The van der Waals surface area contributed by atoms with Gasteiger partial charge >= 0.3 is 12.1 Å². The number of hydrogen-bond acceptors (Lipinski definition) is 4. The summed E-state index contributed by atoms with van der Waals surface area (Å²) >= 11 is 0. The Labute approximate surface area is 122 Å². The lowest BCUT2D eigenvalue weighted by Gasteiger charge is -2.16. The van der Waals surface area contributed by atoms with Crippen LogP contribution in [0.25, 0.3) is 0 Å². The maximum atomic E-state index is 12.4. The Morgan fingerprint density at radius 1 is 1.19 bits per heavy atom. The molecule has 0 bridgehead atoms. The van der Waals surface area contributed by atoms with Gasteiger partial charge in [0, 0.05) is 32.2 Å². The van der Waals surface area contributed by atoms with E-state index < -0.39 is 12.1 Å². The lowest BCUT2D eigenvalue weighted by Crippen LogP contribution is -2.28. The zero-order valence-electron chi connectivity index (χ0n) is 11.8. The van der Waals surface area contributed by atoms with Crippen LogP contribution in [0.4, 0.5) is 4.79 Å². The van der Waals surface area contributed by atoms with Gasteiger partial charge in [0.25, 0.3) is 5.91 Å². The molecule has 6 nitrogen and oxygen atoms in total. The van der Waals surface area contributed by atoms with Gasteiger partial charge in [-0.25, -0.2) is 9.59 Å². The third-order valence-corrected chi connectivity index (χ3v) is 3.86. The fourth-order valence-corrected chi connectivity index (χ4v) is 2.69. The van der Waals surface area contributed by atoms with Crippen molar-refractivity contribution < 1.29 is 19.1 Å². The SMILES string of the molecule is CN1Cc2cc(C(=O)N3CCCC3)ccc2C(=O)OC1=O. The largest absolute Gasteiger partial charge is 0.417 e. The minimum atomic E-state index is -0.677. The van der Waals surface area contributed by atoms with Crippen molar-refractivity contribution in [2.75, 3.05) is 20.1 Å². The van der Waals surface area contributed by atoms with Crippen molar-refractivity contribution in [3.63, 3.8) is 0 Å². The molecule has 0 radical (unpaired) electrons. The van der Waals surface area contributed by atoms with E-state index in [0.29, 0.717) is 16.7 Å². The molecule has 2 heterocycles. The van der Waals surface area contributed by atoms with Crippen LogP contribution in [0.15, 0.2) is 18.2 Å². The highest BCUT2D eigenvalue weighted by Gasteiger charge is 2.27. The van der Waals surface area contributed by atoms with Gasteiger partial charge in [-0.2, -0.15) is 0 Å². The third kappa shape index (κ3) is 2.49. The van der Waals surface area contributed by atoms with E-state index in [-0.39, 0.29) is 12.5 Å². The molecule has 2 amide bonds. The zero-order valence-corrected chi connectivity index (χ0v) is 11.8. The van der Waals surface area contributed by atoms with Crippen LogP contribution >= 0.6 is 0 Å². The molecule has 1 saturated heterocycles. The molecule has 110 valence electrons. The van der Waals surface area contributed by atoms with Crippen LogP contribution in [-0.2, 0) is 11.3 Å². The Hall–Kier alpha value is -2.37. The van der Waals surface area contributed by atoms with Gasteiger partial charge in [-0.1, -0.05) is 0 Å². The summed E-state index contributed by atoms with van der Waals surface area (Å²) in [5.74, 6) is -0.693. The lowest BCUT2D eigenvalue weighted by molar-refractivity contribution is 0.0575. The van der Waals surface area contributed by atoms with E-state index in [4.69, 9.17) is 4.74 Å². The number of nitrogens with zero attached hydrogens (tertiary/aromatic N) is 2. The average molecular weight is 288 g/mol. The fraction of sp³-hybridized carbons (Fsp3) is 0.400. The molecule has 0 unspecified atom stereocenters. The number of likely N-dealkylation sites (tertiary alicyclic amines) is 1. The molecular formula is C15H16N2O4. The highest BCUT2D eigenvalue weighted by molar-refractivity contribution is 6.01. The number of fused-ring (bicyclic) bond motifs is 1. The van der Waals surface area contributed by atoms with Crippen LogP contribution in [0.5, 0.6) is 0 Å². The van der Waals surface area contributed by atoms with Crippen molar-refractivity contribution in [1.29, 1.82) is 0 Å². The maximum Gasteiger partial charge on any atom is 0.417 e. The lowest BCUT2D eigenvalue weighted by atomic mass is 10.0. The van der Waals surface area contributed by atoms with E-state index in [1.165, 1.54) is 4.90 Å². The molecule has 0 N–H and O–H groups in total. The first kappa shape index (κ1) is 13.6. The van der Waals surface area contributed by atoms with E-state index in [1.54, 1.807) is 25.2 Å². The van der Waals surface area contributed by atoms with E-state index >= 15 is 0 Å². The van der Waals surface area contributed by atoms with Gasteiger partial charge in [-0.3, -0.25) is 4.79 Å². The Morgan fingerprint density at radius 3 is 2.62 bits per heavy atom. The molecule has 2 aliphatic rings. The summed E-state index contributed by atoms with van der Waals surface area (Å²) in [5.41, 5.74) is 1.52. The van der Waals surface area contributed by atoms with Crippen LogP contribution in [0.3, 0.4) is 0 Å². The molecule has 21 heavy (non-hydrogen) atoms. The number of amides is 2. The first-order chi connectivity index (χ1) is 10.1. The predicted molar refractivity (Wildman–Crippen MR) is 73.9 cm³/mol. The molecule has 1 fully saturated rings. The molecule has 0 atom stereocenters. The third-order valence-electron chi connectivity index (χ3n) is 3.86. The van der Waals surface area contributed by atoms with Crippen LogP contribution in [0.2, 0.25) is 0 Å². The molecule has 6 heteroatoms. The van der Waals surface area contributed by atoms with E-state index in [0.717, 1.165) is 25.9 Å². The normalized spacial score (nSPS) is 18.3. The van der Waals surface area contributed by atoms with Crippen molar-refractivity contribution in [3.05, 3.63) is 34.9 Å². The van der Waals surface area contributed by atoms with Crippen molar-refractivity contribution in [3.8, 4) is 0 Å². The van der Waals surface area contributed by atoms with Gasteiger partial charge in [0.15, 0.2) is 0 Å². The average Bonchev–Trinajstić information content (AvgIpc) is 2.96. The van der Waals surface area contributed by atoms with Crippen molar-refractivity contribution in [2.24, 2.45) is 0 Å². The van der Waals surface area contributed by atoms with E-state index in [1.807, 2.05) is 4.90 Å². The molecule has 0 aromatic heterocycles. The molecule has 0 spiro atoms. The Bertz CT molecular complexity index is 620. The van der Waals surface area contributed by atoms with Gasteiger partial charge in [0.1, 0.15) is 0 Å². The predicted octanol–water partition coefficient (Wildman–Crippen LogP) is 1.64. The number of esters is 1. The summed E-state index contributed by atoms with van der Waals surface area (Å²) in [6.45, 7) is 1.80. The summed E-state index contributed by atoms with van der Waals surface area (Å²) in [6.07, 6.45) is 1.38. The minimum absolute atomic E-state index is 0.0260. The van der Waals surface area contributed by atoms with Gasteiger partial charge in [-0.15, -0.1) is 0 Å². The van der Waals surface area contributed by atoms with Gasteiger partial charge < -0.3 is 14.5 Å². The number of rotatable bonds is 1. The second-order valence-corrected chi connectivity index (χ2v) is 5.38. The molecule has 3 rings (SSSR count). The second kappa shape index (κ2) is 5.20. The van der Waals surface area contributed by atoms with Crippen LogP contribution in [0, 0.1) is 0 Å². The first-order valence-corrected chi connectivity index (χ1v) is 6.96. The smallest absolute Gasteiger partial charge is 0.372 e. The van der Waals surface area contributed by atoms with Gasteiger partial charge in [-0.05, 0) is 36.6 Å². The standard InChI is InChI=1S/C15H16N2O4/c1-16-9-11-8-10(13(18)17-6-2-3-7-17)4-5-12(11)14(19)21-15(16)20/h4-5,8H,2-3,6-7,9H2,1H3. The zero-order chi connectivity index (χ0) is 15.0. The number of carbonyl (C=O) groups is 3. The minimum Gasteiger partial charge on any atom is -0.372 e. The van der Waals surface area contributed by atoms with Crippen molar-refractivity contribution in [2.45, 2.75) is 19.4 Å². The van der Waals surface area contributed by atoms with Gasteiger partial charge in [0.05, 0.1) is 5.56 Å². The van der Waals surface area contributed by atoms with E-state index in [2.05, 4.69) is 0 Å². The molecule has 1 aromatic carbocycles. The Balaban J connectivity index is 1.93. The number of hydrogen-bond donors (Lipinski definition) is 0. The van der Waals surface area contributed by atoms with Crippen molar-refractivity contribution >= 4 is 18.0 Å². The molecular weight excluding hydrogens is 272 g/mol. The van der Waals surface area contributed by atoms with Crippen molar-refractivity contribution in [1.82, 2.24) is 9.80 Å². The maximum absolute atomic E-state index is 12.4. The summed E-state index contributed by atoms with van der Waals surface area (Å²) < 4.78 is 4.70. The van der Waals surface area contributed by atoms with Crippen LogP contribution < -0.4 is 0 Å². The number of benzene rings is 1. The topological polar surface area (TPSA) is 66.9 Å². The molecule has 0 saturated carbocycles. The summed E-state index contributed by atoms with van der Waals surface area (Å²) in [5, 5.41) is 0. The van der Waals surface area contributed by atoms with Crippen LogP contribution in [0.1, 0.15) is 39.1 Å². The van der Waals surface area contributed by atoms with Crippen LogP contribution in [-0.4, -0.2) is 47.9 Å². The Kier molecular flexibility index (Phi) is 3.37. The highest BCUT2D eigenvalue weighted by Crippen LogP contribution is 2.21. The number of cyclic esters (lactones) is 2.